The van der Waals surface area contributed by atoms with Crippen molar-refractivity contribution in [3.8, 4) is 5.75 Å². The van der Waals surface area contributed by atoms with E-state index < -0.39 is 38.5 Å². The predicted octanol–water partition coefficient (Wildman–Crippen LogP) is 7.74. The number of carbonyl (C=O) groups excluding carboxylic acids is 1. The number of hydrogen-bond donors (Lipinski definition) is 2. The maximum atomic E-state index is 13.1. The fourth-order valence-electron chi connectivity index (χ4n) is 6.75. The van der Waals surface area contributed by atoms with Gasteiger partial charge in [-0.25, -0.2) is 15.0 Å². The molecule has 2 aromatic heterocycles. The van der Waals surface area contributed by atoms with Gasteiger partial charge in [-0.05, 0) is 59.1 Å². The van der Waals surface area contributed by atoms with Crippen molar-refractivity contribution in [2.24, 2.45) is 0 Å². The Labute approximate surface area is 322 Å². The van der Waals surface area contributed by atoms with Crippen LogP contribution in [-0.2, 0) is 19.5 Å². The van der Waals surface area contributed by atoms with Gasteiger partial charge in [-0.3, -0.25) is 9.36 Å². The van der Waals surface area contributed by atoms with Crippen molar-refractivity contribution in [1.82, 2.24) is 19.5 Å². The van der Waals surface area contributed by atoms with Gasteiger partial charge < -0.3 is 29.1 Å². The zero-order valence-corrected chi connectivity index (χ0v) is 32.9. The number of nitrogens with one attached hydrogen (secondary N) is 1. The second kappa shape index (κ2) is 15.5. The highest BCUT2D eigenvalue weighted by atomic mass is 28.4. The summed E-state index contributed by atoms with van der Waals surface area (Å²) in [4.78, 5) is 26.6. The van der Waals surface area contributed by atoms with Crippen LogP contribution in [0, 0.1) is 0 Å². The number of ether oxygens (including phenoxy) is 3. The minimum absolute atomic E-state index is 0.00480. The van der Waals surface area contributed by atoms with Crippen LogP contribution in [0.1, 0.15) is 54.0 Å². The fraction of sp³-hybridized carbons (Fsp3) is 0.302. The van der Waals surface area contributed by atoms with Gasteiger partial charge >= 0.3 is 0 Å². The Morgan fingerprint density at radius 1 is 0.836 bits per heavy atom. The molecule has 12 heteroatoms. The number of benzene rings is 4. The van der Waals surface area contributed by atoms with Crippen LogP contribution in [0.4, 0.5) is 5.82 Å². The number of imidazole rings is 1. The Balaban J connectivity index is 1.27. The third-order valence-electron chi connectivity index (χ3n) is 10.8. The highest BCUT2D eigenvalue weighted by Crippen LogP contribution is 2.45. The van der Waals surface area contributed by atoms with Crippen LogP contribution in [0.25, 0.3) is 11.2 Å². The van der Waals surface area contributed by atoms with Crippen LogP contribution in [0.3, 0.4) is 0 Å². The molecule has 0 spiro atoms. The standard InChI is InChI=1S/C43H47N5O6Si/c1-42(2,3)55(5,6)54-37-36(49)34(53-41(37)48-28-46-35-38(44-27-45-39(35)48)47-40(50)29-16-10-7-11-17-29)26-52-43(30-18-12-8-13-19-30,31-20-14-9-15-21-31)32-22-24-33(51-4)25-23-32/h7-25,27-28,34,36-37,41,49H,26H2,1-6H3,(H,44,45,47,50)/t34-,36-,37-,41-/m1/s1. The summed E-state index contributed by atoms with van der Waals surface area (Å²) in [6.07, 6.45) is -0.570. The molecule has 284 valence electrons. The molecule has 11 nitrogen and oxygen atoms in total. The molecule has 1 saturated heterocycles. The predicted molar refractivity (Wildman–Crippen MR) is 213 cm³/mol. The number of nitrogens with zero attached hydrogens (tertiary/aromatic N) is 4. The van der Waals surface area contributed by atoms with Gasteiger partial charge in [0.25, 0.3) is 5.91 Å². The van der Waals surface area contributed by atoms with Crippen molar-refractivity contribution >= 4 is 31.2 Å². The van der Waals surface area contributed by atoms with Gasteiger partial charge in [-0.2, -0.15) is 0 Å². The Kier molecular flexibility index (Phi) is 10.7. The lowest BCUT2D eigenvalue weighted by Gasteiger charge is -2.40. The normalized spacial score (nSPS) is 19.0. The van der Waals surface area contributed by atoms with Crippen LogP contribution in [-0.4, -0.2) is 70.9 Å². The average Bonchev–Trinajstić information content (AvgIpc) is 3.76. The van der Waals surface area contributed by atoms with E-state index in [1.54, 1.807) is 42.3 Å². The van der Waals surface area contributed by atoms with Crippen molar-refractivity contribution in [2.45, 2.75) is 69.0 Å². The van der Waals surface area contributed by atoms with Crippen LogP contribution in [0.15, 0.2) is 128 Å². The summed E-state index contributed by atoms with van der Waals surface area (Å²) < 4.78 is 28.2. The molecule has 1 amide bonds. The summed E-state index contributed by atoms with van der Waals surface area (Å²) in [6, 6.07) is 36.8. The Morgan fingerprint density at radius 3 is 2.00 bits per heavy atom. The van der Waals surface area contributed by atoms with E-state index >= 15 is 0 Å². The number of fused-ring (bicyclic) bond motifs is 1. The van der Waals surface area contributed by atoms with E-state index in [4.69, 9.17) is 18.6 Å². The molecular formula is C43H47N5O6Si. The monoisotopic (exact) mass is 757 g/mol. The van der Waals surface area contributed by atoms with Crippen molar-refractivity contribution in [3.63, 3.8) is 0 Å². The van der Waals surface area contributed by atoms with Gasteiger partial charge in [-0.1, -0.05) is 112 Å². The minimum Gasteiger partial charge on any atom is -0.497 e. The van der Waals surface area contributed by atoms with E-state index in [1.165, 1.54) is 6.33 Å². The maximum Gasteiger partial charge on any atom is 0.256 e. The lowest BCUT2D eigenvalue weighted by atomic mass is 9.80. The van der Waals surface area contributed by atoms with Gasteiger partial charge in [0.05, 0.1) is 20.0 Å². The molecule has 3 heterocycles. The lowest BCUT2D eigenvalue weighted by molar-refractivity contribution is -0.0940. The second-order valence-corrected chi connectivity index (χ2v) is 20.0. The third-order valence-corrected chi connectivity index (χ3v) is 15.2. The molecule has 55 heavy (non-hydrogen) atoms. The highest BCUT2D eigenvalue weighted by molar-refractivity contribution is 6.74. The van der Waals surface area contributed by atoms with Gasteiger partial charge in [0, 0.05) is 5.56 Å². The van der Waals surface area contributed by atoms with Gasteiger partial charge in [0.1, 0.15) is 36.0 Å². The second-order valence-electron chi connectivity index (χ2n) is 15.2. The zero-order chi connectivity index (χ0) is 38.8. The van der Waals surface area contributed by atoms with Crippen molar-refractivity contribution in [1.29, 1.82) is 0 Å². The topological polar surface area (TPSA) is 130 Å². The summed E-state index contributed by atoms with van der Waals surface area (Å²) in [7, 11) is -0.835. The van der Waals surface area contributed by atoms with Gasteiger partial charge in [-0.15, -0.1) is 0 Å². The summed E-state index contributed by atoms with van der Waals surface area (Å²) in [6.45, 7) is 10.8. The number of amides is 1. The van der Waals surface area contributed by atoms with E-state index in [9.17, 15) is 9.90 Å². The summed E-state index contributed by atoms with van der Waals surface area (Å²) in [5.74, 6) is 0.657. The molecule has 4 atom stereocenters. The Bertz CT molecular complexity index is 2170. The van der Waals surface area contributed by atoms with E-state index in [0.717, 1.165) is 22.4 Å². The number of aliphatic hydroxyl groups is 1. The quantitative estimate of drug-likeness (QED) is 0.0951. The summed E-state index contributed by atoms with van der Waals surface area (Å²) in [5.41, 5.74) is 2.90. The van der Waals surface area contributed by atoms with Crippen LogP contribution >= 0.6 is 0 Å². The number of rotatable bonds is 12. The molecule has 7 rings (SSSR count). The lowest BCUT2D eigenvalue weighted by Crippen LogP contribution is -2.49. The number of hydrogen-bond acceptors (Lipinski definition) is 9. The highest BCUT2D eigenvalue weighted by Gasteiger charge is 2.52. The number of anilines is 1. The molecule has 0 radical (unpaired) electrons. The first-order chi connectivity index (χ1) is 26.4. The van der Waals surface area contributed by atoms with E-state index in [0.29, 0.717) is 16.7 Å². The van der Waals surface area contributed by atoms with E-state index in [1.807, 2.05) is 91.0 Å². The van der Waals surface area contributed by atoms with Crippen molar-refractivity contribution in [2.75, 3.05) is 19.0 Å². The first kappa shape index (κ1) is 38.0. The average molecular weight is 758 g/mol. The molecule has 1 aliphatic heterocycles. The molecule has 6 aromatic rings. The molecule has 0 aliphatic carbocycles. The Morgan fingerprint density at radius 2 is 1.42 bits per heavy atom. The van der Waals surface area contributed by atoms with Crippen LogP contribution < -0.4 is 10.1 Å². The molecule has 4 aromatic carbocycles. The molecule has 2 N–H and O–H groups in total. The van der Waals surface area contributed by atoms with Crippen molar-refractivity contribution in [3.05, 3.63) is 150 Å². The molecular weight excluding hydrogens is 711 g/mol. The molecule has 0 bridgehead atoms. The number of aromatic nitrogens is 4. The molecule has 1 aliphatic rings. The van der Waals surface area contributed by atoms with Crippen LogP contribution in [0.2, 0.25) is 18.1 Å². The smallest absolute Gasteiger partial charge is 0.256 e. The summed E-state index contributed by atoms with van der Waals surface area (Å²) in [5, 5.41) is 15.0. The van der Waals surface area contributed by atoms with Gasteiger partial charge in [0.2, 0.25) is 0 Å². The van der Waals surface area contributed by atoms with Crippen LogP contribution in [0.5, 0.6) is 5.75 Å². The SMILES string of the molecule is COc1ccc(C(OC[C@H]2O[C@@H](n3cnc4c(NC(=O)c5ccccc5)ncnc43)[C@H](O[Si](C)(C)C(C)(C)C)[C@@H]2O)(c2ccccc2)c2ccccc2)cc1. The third kappa shape index (κ3) is 7.43. The molecule has 0 unspecified atom stereocenters. The fourth-order valence-corrected chi connectivity index (χ4v) is 8.04. The Hall–Kier alpha value is -5.24. The first-order valence-electron chi connectivity index (χ1n) is 18.4. The maximum absolute atomic E-state index is 13.1. The minimum atomic E-state index is -2.48. The molecule has 0 saturated carbocycles. The summed E-state index contributed by atoms with van der Waals surface area (Å²) >= 11 is 0. The van der Waals surface area contributed by atoms with E-state index in [2.05, 4.69) is 54.1 Å². The number of carbonyl (C=O) groups is 1. The number of methoxy groups -OCH3 is 1. The van der Waals surface area contributed by atoms with E-state index in [-0.39, 0.29) is 23.4 Å². The van der Waals surface area contributed by atoms with Gasteiger partial charge in [0.15, 0.2) is 31.5 Å². The molecule has 1 fully saturated rings. The first-order valence-corrected chi connectivity index (χ1v) is 21.3. The number of aliphatic hydroxyl groups excluding tert-OH is 1. The zero-order valence-electron chi connectivity index (χ0n) is 31.9. The van der Waals surface area contributed by atoms with Crippen molar-refractivity contribution < 1.29 is 28.5 Å². The largest absolute Gasteiger partial charge is 0.497 e.